The van der Waals surface area contributed by atoms with E-state index in [1.807, 2.05) is 38.1 Å². The van der Waals surface area contributed by atoms with E-state index in [1.54, 1.807) is 7.11 Å². The zero-order chi connectivity index (χ0) is 11.3. The number of ether oxygens (including phenoxy) is 2. The highest BCUT2D eigenvalue weighted by Crippen LogP contribution is 2.23. The first-order valence-corrected chi connectivity index (χ1v) is 4.77. The van der Waals surface area contributed by atoms with Crippen LogP contribution in [0.2, 0.25) is 0 Å². The van der Waals surface area contributed by atoms with E-state index in [4.69, 9.17) is 14.7 Å². The Kier molecular flexibility index (Phi) is 3.56. The minimum atomic E-state index is -0.455. The number of nitrogens with zero attached hydrogens (tertiary/aromatic N) is 1. The topological polar surface area (TPSA) is 42.2 Å². The van der Waals surface area contributed by atoms with Gasteiger partial charge in [0.25, 0.3) is 0 Å². The molecule has 0 aliphatic heterocycles. The third-order valence-corrected chi connectivity index (χ3v) is 1.96. The second kappa shape index (κ2) is 4.70. The largest absolute Gasteiger partial charge is 0.497 e. The van der Waals surface area contributed by atoms with E-state index in [-0.39, 0.29) is 0 Å². The quantitative estimate of drug-likeness (QED) is 0.759. The molecule has 0 N–H and O–H groups in total. The van der Waals surface area contributed by atoms with E-state index in [9.17, 15) is 0 Å². The lowest BCUT2D eigenvalue weighted by atomic mass is 10.1. The molecule has 3 nitrogen and oxygen atoms in total. The van der Waals surface area contributed by atoms with Gasteiger partial charge in [0.15, 0.2) is 0 Å². The van der Waals surface area contributed by atoms with Gasteiger partial charge in [-0.1, -0.05) is 0 Å². The van der Waals surface area contributed by atoms with Gasteiger partial charge in [0.1, 0.15) is 17.1 Å². The summed E-state index contributed by atoms with van der Waals surface area (Å²) in [5.74, 6) is 1.54. The van der Waals surface area contributed by atoms with Gasteiger partial charge in [-0.05, 0) is 38.1 Å². The first kappa shape index (κ1) is 11.4. The minimum absolute atomic E-state index is 0.360. The Morgan fingerprint density at radius 2 is 1.73 bits per heavy atom. The summed E-state index contributed by atoms with van der Waals surface area (Å²) in [6.45, 7) is 3.78. The molecule has 80 valence electrons. The zero-order valence-corrected chi connectivity index (χ0v) is 9.28. The van der Waals surface area contributed by atoms with E-state index in [1.165, 1.54) is 0 Å². The normalized spacial score (nSPS) is 10.5. The van der Waals surface area contributed by atoms with Crippen molar-refractivity contribution in [3.05, 3.63) is 24.3 Å². The molecule has 0 saturated carbocycles. The summed E-state index contributed by atoms with van der Waals surface area (Å²) in [7, 11) is 1.62. The van der Waals surface area contributed by atoms with E-state index >= 15 is 0 Å². The Morgan fingerprint density at radius 1 is 1.20 bits per heavy atom. The molecule has 0 spiro atoms. The van der Waals surface area contributed by atoms with Gasteiger partial charge in [0, 0.05) is 0 Å². The van der Waals surface area contributed by atoms with Gasteiger partial charge in [-0.2, -0.15) is 5.26 Å². The van der Waals surface area contributed by atoms with Gasteiger partial charge in [-0.15, -0.1) is 0 Å². The van der Waals surface area contributed by atoms with Crippen molar-refractivity contribution in [1.29, 1.82) is 5.26 Å². The number of rotatable bonds is 4. The van der Waals surface area contributed by atoms with Crippen LogP contribution < -0.4 is 9.47 Å². The minimum Gasteiger partial charge on any atom is -0.497 e. The summed E-state index contributed by atoms with van der Waals surface area (Å²) in [6, 6.07) is 9.43. The van der Waals surface area contributed by atoms with E-state index < -0.39 is 5.60 Å². The van der Waals surface area contributed by atoms with Crippen molar-refractivity contribution >= 4 is 0 Å². The summed E-state index contributed by atoms with van der Waals surface area (Å²) in [4.78, 5) is 0. The molecule has 0 aliphatic rings. The second-order valence-corrected chi connectivity index (χ2v) is 3.87. The molecule has 0 saturated heterocycles. The van der Waals surface area contributed by atoms with Crippen LogP contribution in [-0.4, -0.2) is 12.7 Å². The number of hydrogen-bond donors (Lipinski definition) is 0. The lowest BCUT2D eigenvalue weighted by Gasteiger charge is -2.23. The van der Waals surface area contributed by atoms with Crippen LogP contribution in [0, 0.1) is 11.3 Å². The van der Waals surface area contributed by atoms with Crippen molar-refractivity contribution in [2.75, 3.05) is 7.11 Å². The van der Waals surface area contributed by atoms with Crippen molar-refractivity contribution in [3.8, 4) is 17.6 Å². The molecule has 1 rings (SSSR count). The third kappa shape index (κ3) is 3.51. The average Bonchev–Trinajstić information content (AvgIpc) is 2.18. The lowest BCUT2D eigenvalue weighted by Crippen LogP contribution is -2.27. The van der Waals surface area contributed by atoms with Crippen molar-refractivity contribution in [2.45, 2.75) is 25.9 Å². The van der Waals surface area contributed by atoms with E-state index in [0.717, 1.165) is 11.5 Å². The number of benzene rings is 1. The predicted molar refractivity (Wildman–Crippen MR) is 57.9 cm³/mol. The van der Waals surface area contributed by atoms with Crippen molar-refractivity contribution in [3.63, 3.8) is 0 Å². The maximum atomic E-state index is 8.61. The fourth-order valence-corrected chi connectivity index (χ4v) is 1.19. The van der Waals surface area contributed by atoms with E-state index in [0.29, 0.717) is 6.42 Å². The Bertz CT molecular complexity index is 349. The molecule has 15 heavy (non-hydrogen) atoms. The van der Waals surface area contributed by atoms with Crippen LogP contribution in [0.1, 0.15) is 20.3 Å². The van der Waals surface area contributed by atoms with Crippen molar-refractivity contribution < 1.29 is 9.47 Å². The van der Waals surface area contributed by atoms with Gasteiger partial charge in [-0.3, -0.25) is 0 Å². The summed E-state index contributed by atoms with van der Waals surface area (Å²) in [5, 5.41) is 8.61. The lowest BCUT2D eigenvalue weighted by molar-refractivity contribution is 0.115. The molecule has 0 amide bonds. The third-order valence-electron chi connectivity index (χ3n) is 1.96. The maximum absolute atomic E-state index is 8.61. The number of methoxy groups -OCH3 is 1. The Morgan fingerprint density at radius 3 is 2.20 bits per heavy atom. The van der Waals surface area contributed by atoms with Gasteiger partial charge < -0.3 is 9.47 Å². The Labute approximate surface area is 90.2 Å². The molecule has 0 bridgehead atoms. The average molecular weight is 205 g/mol. The summed E-state index contributed by atoms with van der Waals surface area (Å²) >= 11 is 0. The van der Waals surface area contributed by atoms with Crippen molar-refractivity contribution in [2.24, 2.45) is 0 Å². The molecular weight excluding hydrogens is 190 g/mol. The van der Waals surface area contributed by atoms with Gasteiger partial charge in [-0.25, -0.2) is 0 Å². The Hall–Kier alpha value is -1.69. The summed E-state index contributed by atoms with van der Waals surface area (Å²) < 4.78 is 10.7. The van der Waals surface area contributed by atoms with E-state index in [2.05, 4.69) is 6.07 Å². The van der Waals surface area contributed by atoms with Crippen LogP contribution in [0.25, 0.3) is 0 Å². The van der Waals surface area contributed by atoms with Crippen molar-refractivity contribution in [1.82, 2.24) is 0 Å². The predicted octanol–water partition coefficient (Wildman–Crippen LogP) is 2.77. The smallest absolute Gasteiger partial charge is 0.120 e. The molecule has 0 atom stereocenters. The highest BCUT2D eigenvalue weighted by atomic mass is 16.5. The van der Waals surface area contributed by atoms with Gasteiger partial charge in [0.2, 0.25) is 0 Å². The monoisotopic (exact) mass is 205 g/mol. The highest BCUT2D eigenvalue weighted by molar-refractivity contribution is 5.31. The first-order chi connectivity index (χ1) is 7.07. The fourth-order valence-electron chi connectivity index (χ4n) is 1.19. The standard InChI is InChI=1S/C12H15NO2/c1-12(2,8-9-13)15-11-6-4-10(14-3)5-7-11/h4-7H,8H2,1-3H3. The SMILES string of the molecule is COc1ccc(OC(C)(C)CC#N)cc1. The summed E-state index contributed by atoms with van der Waals surface area (Å²) in [5.41, 5.74) is -0.455. The Balaban J connectivity index is 2.69. The fraction of sp³-hybridized carbons (Fsp3) is 0.417. The van der Waals surface area contributed by atoms with Crippen LogP contribution in [0.3, 0.4) is 0 Å². The van der Waals surface area contributed by atoms with Crippen LogP contribution in [0.15, 0.2) is 24.3 Å². The molecular formula is C12H15NO2. The second-order valence-electron chi connectivity index (χ2n) is 3.87. The highest BCUT2D eigenvalue weighted by Gasteiger charge is 2.19. The summed E-state index contributed by atoms with van der Waals surface area (Å²) in [6.07, 6.45) is 0.360. The van der Waals surface area contributed by atoms with Crippen LogP contribution in [-0.2, 0) is 0 Å². The maximum Gasteiger partial charge on any atom is 0.120 e. The van der Waals surface area contributed by atoms with Crippen LogP contribution in [0.4, 0.5) is 0 Å². The molecule has 1 aromatic rings. The molecule has 0 radical (unpaired) electrons. The van der Waals surface area contributed by atoms with Crippen LogP contribution >= 0.6 is 0 Å². The first-order valence-electron chi connectivity index (χ1n) is 4.77. The molecule has 0 aliphatic carbocycles. The molecule has 3 heteroatoms. The molecule has 1 aromatic carbocycles. The van der Waals surface area contributed by atoms with Gasteiger partial charge >= 0.3 is 0 Å². The number of nitriles is 1. The number of hydrogen-bond acceptors (Lipinski definition) is 3. The van der Waals surface area contributed by atoms with Crippen LogP contribution in [0.5, 0.6) is 11.5 Å². The van der Waals surface area contributed by atoms with Gasteiger partial charge in [0.05, 0.1) is 19.6 Å². The molecule has 0 heterocycles. The molecule has 0 fully saturated rings. The zero-order valence-electron chi connectivity index (χ0n) is 9.28. The molecule has 0 unspecified atom stereocenters. The molecule has 0 aromatic heterocycles.